The van der Waals surface area contributed by atoms with Crippen molar-refractivity contribution in [3.05, 3.63) is 94.3 Å². The number of carbonyl (C=O) groups is 3. The average Bonchev–Trinajstić information content (AvgIpc) is 3.05. The van der Waals surface area contributed by atoms with Crippen LogP contribution in [0.1, 0.15) is 62.5 Å². The number of ether oxygens (including phenoxy) is 1. The minimum absolute atomic E-state index is 0.106. The van der Waals surface area contributed by atoms with Crippen molar-refractivity contribution < 1.29 is 19.1 Å². The highest BCUT2D eigenvalue weighted by molar-refractivity contribution is 6.04. The molecular formula is C25H25NO4. The predicted molar refractivity (Wildman–Crippen MR) is 115 cm³/mol. The highest BCUT2D eigenvalue weighted by Crippen LogP contribution is 2.28. The second kappa shape index (κ2) is 9.35. The molecule has 30 heavy (non-hydrogen) atoms. The first-order chi connectivity index (χ1) is 14.4. The molecule has 5 nitrogen and oxygen atoms in total. The van der Waals surface area contributed by atoms with Crippen LogP contribution in [0.15, 0.2) is 60.7 Å². The van der Waals surface area contributed by atoms with Crippen molar-refractivity contribution in [1.82, 2.24) is 4.98 Å². The smallest absolute Gasteiger partial charge is 0.307 e. The van der Waals surface area contributed by atoms with Crippen LogP contribution >= 0.6 is 0 Å². The average molecular weight is 403 g/mol. The molecule has 5 heteroatoms. The van der Waals surface area contributed by atoms with Gasteiger partial charge in [0.1, 0.15) is 0 Å². The Balaban J connectivity index is 1.70. The zero-order valence-corrected chi connectivity index (χ0v) is 17.4. The number of benzene rings is 2. The van der Waals surface area contributed by atoms with E-state index in [1.54, 1.807) is 13.8 Å². The van der Waals surface area contributed by atoms with Crippen molar-refractivity contribution in [3.8, 4) is 0 Å². The van der Waals surface area contributed by atoms with Crippen LogP contribution in [0, 0.1) is 13.8 Å². The third-order valence-electron chi connectivity index (χ3n) is 5.21. The van der Waals surface area contributed by atoms with E-state index >= 15 is 0 Å². The molecule has 0 fully saturated rings. The Hall–Kier alpha value is -3.47. The number of aromatic amines is 1. The summed E-state index contributed by atoms with van der Waals surface area (Å²) in [5.74, 6) is -1.07. The normalized spacial score (nSPS) is 10.8. The molecule has 0 aliphatic rings. The number of Topliss-reactive ketones (excluding diaryl/α,β-unsaturated/α-hetero) is 2. The van der Waals surface area contributed by atoms with Gasteiger partial charge in [0, 0.05) is 17.2 Å². The second-order valence-corrected chi connectivity index (χ2v) is 7.34. The van der Waals surface area contributed by atoms with E-state index in [0.29, 0.717) is 22.5 Å². The Morgan fingerprint density at radius 2 is 1.43 bits per heavy atom. The Labute approximate surface area is 176 Å². The Morgan fingerprint density at radius 1 is 0.900 bits per heavy atom. The molecule has 0 unspecified atom stereocenters. The van der Waals surface area contributed by atoms with E-state index in [0.717, 1.165) is 11.1 Å². The van der Waals surface area contributed by atoms with E-state index in [4.69, 9.17) is 4.74 Å². The molecule has 0 atom stereocenters. The van der Waals surface area contributed by atoms with E-state index in [-0.39, 0.29) is 30.5 Å². The van der Waals surface area contributed by atoms with Crippen LogP contribution in [0.2, 0.25) is 0 Å². The summed E-state index contributed by atoms with van der Waals surface area (Å²) in [6.07, 6.45) is 0.128. The number of H-pyrrole nitrogens is 1. The summed E-state index contributed by atoms with van der Waals surface area (Å²) in [6.45, 7) is 4.56. The number of carbonyl (C=O) groups excluding carboxylic acids is 3. The molecule has 1 heterocycles. The Bertz CT molecular complexity index is 1010. The lowest BCUT2D eigenvalue weighted by Crippen LogP contribution is -2.17. The molecule has 1 aromatic heterocycles. The van der Waals surface area contributed by atoms with E-state index in [1.165, 1.54) is 6.92 Å². The van der Waals surface area contributed by atoms with Crippen LogP contribution in [0.25, 0.3) is 0 Å². The van der Waals surface area contributed by atoms with Crippen LogP contribution in [-0.4, -0.2) is 29.1 Å². The molecule has 0 saturated heterocycles. The molecule has 0 spiro atoms. The standard InChI is InChI=1S/C25H25NO4/c1-16-24(18(3)27)17(2)26-25(16)22(28)15-30-23(29)14-21(19-10-6-4-7-11-19)20-12-8-5-9-13-20/h4-13,21,26H,14-15H2,1-3H3. The van der Waals surface area contributed by atoms with E-state index in [2.05, 4.69) is 4.98 Å². The molecule has 2 aromatic carbocycles. The zero-order chi connectivity index (χ0) is 21.7. The fraction of sp³-hybridized carbons (Fsp3) is 0.240. The Kier molecular flexibility index (Phi) is 6.62. The van der Waals surface area contributed by atoms with Crippen LogP contribution in [-0.2, 0) is 9.53 Å². The van der Waals surface area contributed by atoms with Crippen molar-refractivity contribution >= 4 is 17.5 Å². The van der Waals surface area contributed by atoms with Gasteiger partial charge in [-0.1, -0.05) is 60.7 Å². The van der Waals surface area contributed by atoms with E-state index in [1.807, 2.05) is 60.7 Å². The predicted octanol–water partition coefficient (Wildman–Crippen LogP) is 4.78. The van der Waals surface area contributed by atoms with Gasteiger partial charge in [-0.2, -0.15) is 0 Å². The van der Waals surface area contributed by atoms with Gasteiger partial charge in [0.25, 0.3) is 0 Å². The molecule has 3 rings (SSSR count). The van der Waals surface area contributed by atoms with Gasteiger partial charge in [-0.05, 0) is 37.5 Å². The van der Waals surface area contributed by atoms with Gasteiger partial charge in [-0.3, -0.25) is 14.4 Å². The number of ketones is 2. The van der Waals surface area contributed by atoms with Gasteiger partial charge in [0.05, 0.1) is 12.1 Å². The van der Waals surface area contributed by atoms with Gasteiger partial charge in [-0.15, -0.1) is 0 Å². The fourth-order valence-corrected chi connectivity index (χ4v) is 3.80. The maximum Gasteiger partial charge on any atom is 0.307 e. The minimum Gasteiger partial charge on any atom is -0.457 e. The van der Waals surface area contributed by atoms with Crippen molar-refractivity contribution in [2.24, 2.45) is 0 Å². The number of aryl methyl sites for hydroxylation is 1. The molecular weight excluding hydrogens is 378 g/mol. The van der Waals surface area contributed by atoms with Crippen molar-refractivity contribution in [1.29, 1.82) is 0 Å². The summed E-state index contributed by atoms with van der Waals surface area (Å²) in [6, 6.07) is 19.5. The lowest BCUT2D eigenvalue weighted by Gasteiger charge is -2.17. The SMILES string of the molecule is CC(=O)c1c(C)[nH]c(C(=O)COC(=O)CC(c2ccccc2)c2ccccc2)c1C. The number of hydrogen-bond acceptors (Lipinski definition) is 4. The summed E-state index contributed by atoms with van der Waals surface area (Å²) < 4.78 is 5.30. The van der Waals surface area contributed by atoms with E-state index < -0.39 is 5.97 Å². The first kappa shape index (κ1) is 21.2. The number of aromatic nitrogens is 1. The van der Waals surface area contributed by atoms with Crippen LogP contribution in [0.3, 0.4) is 0 Å². The summed E-state index contributed by atoms with van der Waals surface area (Å²) in [7, 11) is 0. The summed E-state index contributed by atoms with van der Waals surface area (Å²) >= 11 is 0. The highest BCUT2D eigenvalue weighted by Gasteiger charge is 2.23. The Morgan fingerprint density at radius 3 is 1.90 bits per heavy atom. The molecule has 1 N–H and O–H groups in total. The van der Waals surface area contributed by atoms with Crippen LogP contribution in [0.4, 0.5) is 0 Å². The molecule has 3 aromatic rings. The van der Waals surface area contributed by atoms with Crippen molar-refractivity contribution in [2.75, 3.05) is 6.61 Å². The van der Waals surface area contributed by atoms with Crippen LogP contribution < -0.4 is 0 Å². The lowest BCUT2D eigenvalue weighted by atomic mass is 9.89. The van der Waals surface area contributed by atoms with Crippen LogP contribution in [0.5, 0.6) is 0 Å². The zero-order valence-electron chi connectivity index (χ0n) is 17.4. The van der Waals surface area contributed by atoms with Gasteiger partial charge >= 0.3 is 5.97 Å². The first-order valence-electron chi connectivity index (χ1n) is 9.87. The van der Waals surface area contributed by atoms with Gasteiger partial charge in [-0.25, -0.2) is 0 Å². The third-order valence-corrected chi connectivity index (χ3v) is 5.21. The molecule has 0 radical (unpaired) electrons. The molecule has 0 amide bonds. The van der Waals surface area contributed by atoms with Gasteiger partial charge in [0.2, 0.25) is 5.78 Å². The lowest BCUT2D eigenvalue weighted by molar-refractivity contribution is -0.142. The van der Waals surface area contributed by atoms with Gasteiger partial charge in [0.15, 0.2) is 12.4 Å². The largest absolute Gasteiger partial charge is 0.457 e. The monoisotopic (exact) mass is 403 g/mol. The number of hydrogen-bond donors (Lipinski definition) is 1. The number of esters is 1. The molecule has 0 bridgehead atoms. The highest BCUT2D eigenvalue weighted by atomic mass is 16.5. The summed E-state index contributed by atoms with van der Waals surface area (Å²) in [4.78, 5) is 39.8. The third kappa shape index (κ3) is 4.74. The molecule has 0 saturated carbocycles. The molecule has 0 aliphatic heterocycles. The molecule has 154 valence electrons. The maximum absolute atomic E-state index is 12.6. The number of nitrogens with one attached hydrogen (secondary N) is 1. The first-order valence-corrected chi connectivity index (χ1v) is 9.87. The maximum atomic E-state index is 12.6. The topological polar surface area (TPSA) is 76.2 Å². The number of rotatable bonds is 8. The molecule has 0 aliphatic carbocycles. The van der Waals surface area contributed by atoms with Crippen molar-refractivity contribution in [2.45, 2.75) is 33.1 Å². The fourth-order valence-electron chi connectivity index (χ4n) is 3.80. The van der Waals surface area contributed by atoms with E-state index in [9.17, 15) is 14.4 Å². The second-order valence-electron chi connectivity index (χ2n) is 7.34. The minimum atomic E-state index is -0.450. The van der Waals surface area contributed by atoms with Gasteiger partial charge < -0.3 is 9.72 Å². The quantitative estimate of drug-likeness (QED) is 0.434. The van der Waals surface area contributed by atoms with Crippen molar-refractivity contribution in [3.63, 3.8) is 0 Å². The summed E-state index contributed by atoms with van der Waals surface area (Å²) in [5, 5.41) is 0. The summed E-state index contributed by atoms with van der Waals surface area (Å²) in [5.41, 5.74) is 4.07.